The van der Waals surface area contributed by atoms with E-state index in [4.69, 9.17) is 0 Å². The summed E-state index contributed by atoms with van der Waals surface area (Å²) < 4.78 is 0. The summed E-state index contributed by atoms with van der Waals surface area (Å²) in [6, 6.07) is 11.1. The van der Waals surface area contributed by atoms with Crippen LogP contribution >= 0.6 is 0 Å². The molecule has 0 amide bonds. The zero-order chi connectivity index (χ0) is 7.52. The fourth-order valence-corrected chi connectivity index (χ4v) is 1.57. The quantitative estimate of drug-likeness (QED) is 0.543. The Balaban J connectivity index is 0.000000720. The zero-order valence-corrected chi connectivity index (χ0v) is 10.7. The average molecular weight is 185 g/mol. The van der Waals surface area contributed by atoms with Crippen molar-refractivity contribution in [3.8, 4) is 0 Å². The number of rotatable bonds is 1. The third-order valence-corrected chi connectivity index (χ3v) is 2.17. The monoisotopic (exact) mass is 185 g/mol. The molecule has 1 fully saturated rings. The zero-order valence-electron chi connectivity index (χ0n) is 7.53. The summed E-state index contributed by atoms with van der Waals surface area (Å²) in [6.45, 7) is 1.06. The summed E-state index contributed by atoms with van der Waals surface area (Å²) in [7, 11) is 0. The molecule has 0 saturated carbocycles. The van der Waals surface area contributed by atoms with E-state index >= 15 is 0 Å². The molecule has 1 aromatic carbocycles. The van der Waals surface area contributed by atoms with E-state index in [1.165, 1.54) is 18.4 Å². The summed E-state index contributed by atoms with van der Waals surface area (Å²) in [4.78, 5) is 0. The number of hydrogen-bond donors (Lipinski definition) is 0. The van der Waals surface area contributed by atoms with E-state index in [2.05, 4.69) is 35.6 Å². The first kappa shape index (κ1) is 10.9. The molecule has 2 heteroatoms. The van der Waals surface area contributed by atoms with Crippen LogP contribution in [0.3, 0.4) is 0 Å². The molecule has 12 heavy (non-hydrogen) atoms. The van der Waals surface area contributed by atoms with E-state index in [0.717, 1.165) is 6.54 Å². The Hall–Kier alpha value is 0.816. The van der Waals surface area contributed by atoms with Crippen molar-refractivity contribution in [2.75, 3.05) is 6.54 Å². The predicted molar refractivity (Wildman–Crippen MR) is 46.6 cm³/mol. The molecule has 1 unspecified atom stereocenters. The van der Waals surface area contributed by atoms with Crippen molar-refractivity contribution in [3.63, 3.8) is 0 Å². The first-order chi connectivity index (χ1) is 5.47. The van der Waals surface area contributed by atoms with Crippen LogP contribution in [0, 0.1) is 0 Å². The van der Waals surface area contributed by atoms with Gasteiger partial charge in [-0.3, -0.25) is 0 Å². The van der Waals surface area contributed by atoms with Gasteiger partial charge in [0.2, 0.25) is 0 Å². The van der Waals surface area contributed by atoms with Crippen LogP contribution in [0.1, 0.15) is 24.4 Å². The maximum Gasteiger partial charge on any atom is 1.00 e. The van der Waals surface area contributed by atoms with Gasteiger partial charge in [0.05, 0.1) is 0 Å². The normalized spacial score (nSPS) is 21.8. The van der Waals surface area contributed by atoms with Gasteiger partial charge in [0.25, 0.3) is 0 Å². The Labute approximate surface area is 116 Å². The Morgan fingerprint density at radius 1 is 1.17 bits per heavy atom. The molecular formula is C10H12KN. The van der Waals surface area contributed by atoms with Crippen LogP contribution in [0.2, 0.25) is 0 Å². The Bertz CT molecular complexity index is 217. The molecule has 1 saturated heterocycles. The second-order valence-corrected chi connectivity index (χ2v) is 2.97. The summed E-state index contributed by atoms with van der Waals surface area (Å²) in [6.07, 6.45) is 2.50. The van der Waals surface area contributed by atoms with Crippen molar-refractivity contribution in [1.29, 1.82) is 0 Å². The molecule has 0 radical (unpaired) electrons. The number of hydrogen-bond acceptors (Lipinski definition) is 0. The second-order valence-electron chi connectivity index (χ2n) is 2.97. The van der Waals surface area contributed by atoms with E-state index in [-0.39, 0.29) is 51.4 Å². The third kappa shape index (κ3) is 2.65. The largest absolute Gasteiger partial charge is 1.00 e. The Morgan fingerprint density at radius 3 is 2.50 bits per heavy atom. The fraction of sp³-hybridized carbons (Fsp3) is 0.400. The van der Waals surface area contributed by atoms with Crippen molar-refractivity contribution >= 4 is 0 Å². The van der Waals surface area contributed by atoms with Gasteiger partial charge in [-0.15, -0.1) is 12.6 Å². The number of nitrogens with zero attached hydrogens (tertiary/aromatic N) is 1. The van der Waals surface area contributed by atoms with Crippen molar-refractivity contribution in [3.05, 3.63) is 41.2 Å². The first-order valence-electron chi connectivity index (χ1n) is 4.18. The predicted octanol–water partition coefficient (Wildman–Crippen LogP) is -0.101. The topological polar surface area (TPSA) is 14.1 Å². The van der Waals surface area contributed by atoms with Crippen molar-refractivity contribution < 1.29 is 51.4 Å². The summed E-state index contributed by atoms with van der Waals surface area (Å²) in [5.74, 6) is 0. The molecule has 0 aromatic heterocycles. The molecule has 1 aromatic rings. The Kier molecular flexibility index (Phi) is 5.02. The SMILES string of the molecule is [K+].c1ccc(C2CCC[N-]2)cc1. The number of benzene rings is 1. The summed E-state index contributed by atoms with van der Waals surface area (Å²) in [5.41, 5.74) is 1.38. The van der Waals surface area contributed by atoms with Gasteiger partial charge in [0.15, 0.2) is 0 Å². The molecule has 1 aliphatic rings. The van der Waals surface area contributed by atoms with Gasteiger partial charge in [-0.25, -0.2) is 0 Å². The van der Waals surface area contributed by atoms with Gasteiger partial charge in [-0.2, -0.15) is 0 Å². The molecule has 0 aliphatic carbocycles. The molecular weight excluding hydrogens is 173 g/mol. The molecule has 2 rings (SSSR count). The average Bonchev–Trinajstić information content (AvgIpc) is 2.58. The first-order valence-corrected chi connectivity index (χ1v) is 4.18. The van der Waals surface area contributed by atoms with Crippen LogP contribution in [-0.2, 0) is 0 Å². The minimum absolute atomic E-state index is 0. The van der Waals surface area contributed by atoms with Gasteiger partial charge in [-0.05, 0) is 0 Å². The van der Waals surface area contributed by atoms with Crippen LogP contribution in [0.15, 0.2) is 30.3 Å². The van der Waals surface area contributed by atoms with Gasteiger partial charge < -0.3 is 5.32 Å². The van der Waals surface area contributed by atoms with Crippen molar-refractivity contribution in [2.45, 2.75) is 18.9 Å². The van der Waals surface area contributed by atoms with Crippen molar-refractivity contribution in [2.24, 2.45) is 0 Å². The van der Waals surface area contributed by atoms with E-state index < -0.39 is 0 Å². The summed E-state index contributed by atoms with van der Waals surface area (Å²) in [5, 5.41) is 4.51. The molecule has 1 atom stereocenters. The molecule has 0 N–H and O–H groups in total. The van der Waals surface area contributed by atoms with Crippen LogP contribution in [0.4, 0.5) is 0 Å². The van der Waals surface area contributed by atoms with E-state index in [1.807, 2.05) is 0 Å². The van der Waals surface area contributed by atoms with Crippen LogP contribution in [-0.4, -0.2) is 6.54 Å². The molecule has 58 valence electrons. The van der Waals surface area contributed by atoms with Crippen molar-refractivity contribution in [1.82, 2.24) is 0 Å². The molecule has 0 spiro atoms. The van der Waals surface area contributed by atoms with E-state index in [0.29, 0.717) is 6.04 Å². The van der Waals surface area contributed by atoms with Crippen LogP contribution < -0.4 is 51.4 Å². The van der Waals surface area contributed by atoms with Gasteiger partial charge in [-0.1, -0.05) is 48.7 Å². The molecule has 1 aliphatic heterocycles. The molecule has 1 heterocycles. The van der Waals surface area contributed by atoms with E-state index in [9.17, 15) is 0 Å². The Morgan fingerprint density at radius 2 is 1.92 bits per heavy atom. The molecule has 0 bridgehead atoms. The fourth-order valence-electron chi connectivity index (χ4n) is 1.57. The van der Waals surface area contributed by atoms with Crippen LogP contribution in [0.25, 0.3) is 5.32 Å². The maximum atomic E-state index is 4.51. The standard InChI is InChI=1S/C10H12N.K/c1-2-5-9(6-3-1)10-7-4-8-11-10;/h1-3,5-6,10H,4,7-8H2;/q-1;+1. The summed E-state index contributed by atoms with van der Waals surface area (Å²) >= 11 is 0. The van der Waals surface area contributed by atoms with Gasteiger partial charge >= 0.3 is 51.4 Å². The minimum Gasteiger partial charge on any atom is -0.656 e. The third-order valence-electron chi connectivity index (χ3n) is 2.17. The second kappa shape index (κ2) is 5.53. The maximum absolute atomic E-state index is 4.51. The molecule has 1 nitrogen and oxygen atoms in total. The minimum atomic E-state index is 0. The van der Waals surface area contributed by atoms with Crippen LogP contribution in [0.5, 0.6) is 0 Å². The van der Waals surface area contributed by atoms with E-state index in [1.54, 1.807) is 0 Å². The van der Waals surface area contributed by atoms with Gasteiger partial charge in [0.1, 0.15) is 0 Å². The smallest absolute Gasteiger partial charge is 0.656 e. The van der Waals surface area contributed by atoms with Gasteiger partial charge in [0, 0.05) is 0 Å².